The number of aliphatic hydroxyl groups excluding tert-OH is 2. The summed E-state index contributed by atoms with van der Waals surface area (Å²) in [4.78, 5) is 0.0902. The first kappa shape index (κ1) is 32.3. The molecule has 8 nitrogen and oxygen atoms in total. The van der Waals surface area contributed by atoms with E-state index in [1.807, 2.05) is 27.7 Å². The van der Waals surface area contributed by atoms with Crippen LogP contribution in [0.2, 0.25) is 0 Å². The molecule has 1 rings (SSSR count). The van der Waals surface area contributed by atoms with Gasteiger partial charge < -0.3 is 38.6 Å². The van der Waals surface area contributed by atoms with E-state index in [0.717, 1.165) is 6.61 Å². The van der Waals surface area contributed by atoms with Crippen LogP contribution < -0.4 is 0 Å². The second-order valence-electron chi connectivity index (χ2n) is 7.48. The molecule has 0 bridgehead atoms. The Hall–Kier alpha value is 0.160. The van der Waals surface area contributed by atoms with Crippen LogP contribution in [-0.4, -0.2) is 106 Å². The number of aliphatic hydroxyl groups is 2. The van der Waals surface area contributed by atoms with E-state index >= 15 is 0 Å². The molecule has 1 aliphatic rings. The van der Waals surface area contributed by atoms with Gasteiger partial charge in [-0.3, -0.25) is 0 Å². The van der Waals surface area contributed by atoms with Crippen molar-refractivity contribution in [2.75, 3.05) is 42.2 Å². The molecule has 0 saturated carbocycles. The normalized spacial score (nSPS) is 25.8. The third-order valence-corrected chi connectivity index (χ3v) is 6.13. The molecular weight excluding hydrogens is 460 g/mol. The minimum absolute atomic E-state index is 0.0902. The Kier molecular flexibility index (Phi) is 18.1. The lowest BCUT2D eigenvalue weighted by atomic mass is 9.99. The maximum atomic E-state index is 9.34. The number of epoxide rings is 1. The second-order valence-corrected chi connectivity index (χ2v) is 8.93. The monoisotopic (exact) mass is 504 g/mol. The predicted molar refractivity (Wildman–Crippen MR) is 121 cm³/mol. The van der Waals surface area contributed by atoms with E-state index in [2.05, 4.69) is 15.9 Å². The highest BCUT2D eigenvalue weighted by Gasteiger charge is 2.55. The molecule has 0 aromatic rings. The van der Waals surface area contributed by atoms with Gasteiger partial charge in [-0.15, -0.1) is 0 Å². The van der Waals surface area contributed by atoms with Crippen LogP contribution in [0, 0.1) is 0 Å². The molecule has 9 heteroatoms. The fraction of sp³-hybridized carbons (Fsp3) is 1.00. The van der Waals surface area contributed by atoms with Crippen molar-refractivity contribution in [3.8, 4) is 0 Å². The number of hydrogen-bond donors (Lipinski definition) is 2. The highest BCUT2D eigenvalue weighted by atomic mass is 79.9. The first-order valence-electron chi connectivity index (χ1n) is 10.2. The topological polar surface area (TPSA) is 99.1 Å². The Labute approximate surface area is 191 Å². The minimum Gasteiger partial charge on any atom is -0.389 e. The average molecular weight is 505 g/mol. The number of alkyl halides is 1. The Morgan fingerprint density at radius 3 is 1.13 bits per heavy atom. The third-order valence-electron chi connectivity index (χ3n) is 5.59. The van der Waals surface area contributed by atoms with Crippen molar-refractivity contribution in [2.24, 2.45) is 0 Å². The second kappa shape index (κ2) is 16.7. The van der Waals surface area contributed by atoms with Crippen LogP contribution in [0.3, 0.4) is 0 Å². The maximum Gasteiger partial charge on any atom is 0.143 e. The van der Waals surface area contributed by atoms with E-state index in [1.165, 1.54) is 0 Å². The molecule has 7 unspecified atom stereocenters. The molecule has 30 heavy (non-hydrogen) atoms. The van der Waals surface area contributed by atoms with Crippen molar-refractivity contribution in [2.45, 2.75) is 94.7 Å². The summed E-state index contributed by atoms with van der Waals surface area (Å²) in [5.41, 5.74) is -0.177. The van der Waals surface area contributed by atoms with Gasteiger partial charge in [0.25, 0.3) is 0 Å². The Bertz CT molecular complexity index is 386. The smallest absolute Gasteiger partial charge is 0.143 e. The lowest BCUT2D eigenvalue weighted by Gasteiger charge is -2.23. The third kappa shape index (κ3) is 11.2. The maximum absolute atomic E-state index is 9.34. The summed E-state index contributed by atoms with van der Waals surface area (Å²) in [6, 6.07) is 0. The zero-order valence-electron chi connectivity index (χ0n) is 20.5. The Balaban J connectivity index is 0. The van der Waals surface area contributed by atoms with Gasteiger partial charge in [-0.05, 0) is 34.6 Å². The van der Waals surface area contributed by atoms with E-state index in [9.17, 15) is 10.2 Å². The van der Waals surface area contributed by atoms with E-state index in [1.54, 1.807) is 49.4 Å². The largest absolute Gasteiger partial charge is 0.389 e. The number of rotatable bonds is 11. The zero-order chi connectivity index (χ0) is 24.1. The highest BCUT2D eigenvalue weighted by molar-refractivity contribution is 9.09. The molecule has 7 atom stereocenters. The van der Waals surface area contributed by atoms with Crippen LogP contribution in [0.25, 0.3) is 0 Å². The van der Waals surface area contributed by atoms with Crippen molar-refractivity contribution in [3.63, 3.8) is 0 Å². The first-order valence-corrected chi connectivity index (χ1v) is 11.1. The van der Waals surface area contributed by atoms with Gasteiger partial charge >= 0.3 is 0 Å². The molecule has 1 saturated heterocycles. The van der Waals surface area contributed by atoms with E-state index in [-0.39, 0.29) is 40.9 Å². The van der Waals surface area contributed by atoms with Gasteiger partial charge in [0.15, 0.2) is 0 Å². The van der Waals surface area contributed by atoms with Crippen molar-refractivity contribution < 1.29 is 38.6 Å². The van der Waals surface area contributed by atoms with Gasteiger partial charge in [0.2, 0.25) is 0 Å². The Morgan fingerprint density at radius 1 is 0.667 bits per heavy atom. The average Bonchev–Trinajstić information content (AvgIpc) is 3.57. The molecule has 0 aromatic heterocycles. The van der Waals surface area contributed by atoms with Gasteiger partial charge in [0.1, 0.15) is 11.7 Å². The van der Waals surface area contributed by atoms with Gasteiger partial charge in [-0.25, -0.2) is 0 Å². The minimum atomic E-state index is -0.546. The summed E-state index contributed by atoms with van der Waals surface area (Å²) in [5.74, 6) is 0. The molecule has 2 N–H and O–H groups in total. The van der Waals surface area contributed by atoms with Crippen LogP contribution in [0.4, 0.5) is 0 Å². The van der Waals surface area contributed by atoms with E-state index < -0.39 is 12.2 Å². The molecular formula is C21H45BrO8. The number of halogens is 1. The zero-order valence-corrected chi connectivity index (χ0v) is 22.1. The van der Waals surface area contributed by atoms with Gasteiger partial charge in [-0.2, -0.15) is 0 Å². The van der Waals surface area contributed by atoms with Crippen molar-refractivity contribution in [1.29, 1.82) is 0 Å². The number of methoxy groups -OCH3 is 5. The summed E-state index contributed by atoms with van der Waals surface area (Å²) in [7, 11) is 8.10. The standard InChI is InChI=1S/C8H16O3.C7H16O3.C6H13BrO2/c1-6(9-3)8(5-11-8)7(2)10-4;1-5(9-3)7(8)6(2)10-4;1-4(7)6(8)5(2)9-3/h6-7H,5H2,1-4H3;5-8H,1-4H3;4-6,8H,1-3H3. The van der Waals surface area contributed by atoms with Crippen LogP contribution in [0.1, 0.15) is 41.5 Å². The van der Waals surface area contributed by atoms with Gasteiger partial charge in [0, 0.05) is 40.4 Å². The van der Waals surface area contributed by atoms with Crippen molar-refractivity contribution in [3.05, 3.63) is 0 Å². The van der Waals surface area contributed by atoms with Crippen LogP contribution >= 0.6 is 15.9 Å². The van der Waals surface area contributed by atoms with Crippen LogP contribution in [-0.2, 0) is 28.4 Å². The lowest BCUT2D eigenvalue weighted by molar-refractivity contribution is -0.0748. The summed E-state index contributed by atoms with van der Waals surface area (Å²) in [5, 5.41) is 18.6. The van der Waals surface area contributed by atoms with Gasteiger partial charge in [0.05, 0.1) is 43.2 Å². The highest BCUT2D eigenvalue weighted by Crippen LogP contribution is 2.37. The molecule has 0 amide bonds. The number of ether oxygens (including phenoxy) is 6. The van der Waals surface area contributed by atoms with E-state index in [0.29, 0.717) is 0 Å². The number of hydrogen-bond acceptors (Lipinski definition) is 8. The van der Waals surface area contributed by atoms with Crippen LogP contribution in [0.5, 0.6) is 0 Å². The molecule has 0 spiro atoms. The molecule has 0 radical (unpaired) electrons. The van der Waals surface area contributed by atoms with E-state index in [4.69, 9.17) is 28.4 Å². The molecule has 1 aliphatic heterocycles. The first-order chi connectivity index (χ1) is 13.9. The summed E-state index contributed by atoms with van der Waals surface area (Å²) < 4.78 is 30.4. The molecule has 1 heterocycles. The predicted octanol–water partition coefficient (Wildman–Crippen LogP) is 2.41. The summed E-state index contributed by atoms with van der Waals surface area (Å²) in [6.07, 6.45) is -1.19. The molecule has 0 aliphatic carbocycles. The SMILES string of the molecule is COC(C)C(O)C(C)Br.COC(C)C(O)C(C)OC.COC(C)C1(C(C)OC)CO1. The van der Waals surface area contributed by atoms with Crippen molar-refractivity contribution in [1.82, 2.24) is 0 Å². The molecule has 1 fully saturated rings. The van der Waals surface area contributed by atoms with Crippen molar-refractivity contribution >= 4 is 15.9 Å². The lowest BCUT2D eigenvalue weighted by Crippen LogP contribution is -2.40. The van der Waals surface area contributed by atoms with Gasteiger partial charge in [-0.1, -0.05) is 22.9 Å². The summed E-state index contributed by atoms with van der Waals surface area (Å²) >= 11 is 3.25. The molecule has 184 valence electrons. The fourth-order valence-corrected chi connectivity index (χ4v) is 2.89. The fourth-order valence-electron chi connectivity index (χ4n) is 2.46. The summed E-state index contributed by atoms with van der Waals surface area (Å²) in [6.45, 7) is 12.1. The quantitative estimate of drug-likeness (QED) is 0.326. The Morgan fingerprint density at radius 2 is 0.967 bits per heavy atom. The van der Waals surface area contributed by atoms with Crippen LogP contribution in [0.15, 0.2) is 0 Å². The molecule has 0 aromatic carbocycles.